The molecule has 0 spiro atoms. The average molecular weight is 356 g/mol. The number of anilines is 2. The molecule has 1 aromatic heterocycles. The minimum absolute atomic E-state index is 0.176. The lowest BCUT2D eigenvalue weighted by Gasteiger charge is -2.27. The molecule has 0 radical (unpaired) electrons. The van der Waals surface area contributed by atoms with Crippen LogP contribution in [0.2, 0.25) is 0 Å². The number of benzene rings is 1. The van der Waals surface area contributed by atoms with Crippen molar-refractivity contribution in [1.29, 1.82) is 0 Å². The molecule has 1 saturated heterocycles. The third-order valence-corrected chi connectivity index (χ3v) is 4.43. The number of aromatic nitrogens is 2. The van der Waals surface area contributed by atoms with Crippen molar-refractivity contribution < 1.29 is 19.0 Å². The quantitative estimate of drug-likeness (QED) is 0.899. The number of morpholine rings is 1. The highest BCUT2D eigenvalue weighted by molar-refractivity contribution is 6.05. The molecule has 8 nitrogen and oxygen atoms in total. The van der Waals surface area contributed by atoms with Gasteiger partial charge in [0.15, 0.2) is 11.5 Å². The first-order chi connectivity index (χ1) is 12.6. The molecule has 1 amide bonds. The zero-order valence-corrected chi connectivity index (χ0v) is 14.7. The number of carbonyl (C=O) groups excluding carboxylic acids is 1. The lowest BCUT2D eigenvalue weighted by molar-refractivity contribution is 0.102. The summed E-state index contributed by atoms with van der Waals surface area (Å²) in [7, 11) is 0. The molecule has 2 aliphatic heterocycles. The first-order valence-corrected chi connectivity index (χ1v) is 8.51. The minimum atomic E-state index is -0.239. The van der Waals surface area contributed by atoms with Gasteiger partial charge in [0.05, 0.1) is 30.3 Å². The van der Waals surface area contributed by atoms with Crippen molar-refractivity contribution in [3.05, 3.63) is 35.2 Å². The van der Waals surface area contributed by atoms with Gasteiger partial charge in [0.1, 0.15) is 0 Å². The third kappa shape index (κ3) is 3.15. The number of fused-ring (bicyclic) bond motifs is 1. The molecule has 3 heterocycles. The topological polar surface area (TPSA) is 85.8 Å². The van der Waals surface area contributed by atoms with Gasteiger partial charge in [-0.15, -0.1) is 0 Å². The molecule has 1 fully saturated rings. The summed E-state index contributed by atoms with van der Waals surface area (Å²) in [6, 6.07) is 5.11. The van der Waals surface area contributed by atoms with Crippen molar-refractivity contribution in [1.82, 2.24) is 9.97 Å². The molecule has 2 aliphatic rings. The first kappa shape index (κ1) is 16.6. The Balaban J connectivity index is 1.55. The first-order valence-electron chi connectivity index (χ1n) is 8.51. The summed E-state index contributed by atoms with van der Waals surface area (Å²) in [6.07, 6.45) is 0. The fourth-order valence-electron chi connectivity index (χ4n) is 3.01. The summed E-state index contributed by atoms with van der Waals surface area (Å²) >= 11 is 0. The Hall–Kier alpha value is -2.87. The highest BCUT2D eigenvalue weighted by Crippen LogP contribution is 2.33. The second kappa shape index (κ2) is 6.80. The molecule has 26 heavy (non-hydrogen) atoms. The van der Waals surface area contributed by atoms with Gasteiger partial charge >= 0.3 is 0 Å². The SMILES string of the molecule is Cc1nc(N2CCOCC2)nc(C)c1NC(=O)c1ccc2c(c1)OCO2. The zero-order chi connectivity index (χ0) is 18.1. The molecular formula is C18H20N4O4. The average Bonchev–Trinajstić information content (AvgIpc) is 3.13. The van der Waals surface area contributed by atoms with Crippen LogP contribution in [0.4, 0.5) is 11.6 Å². The van der Waals surface area contributed by atoms with E-state index in [2.05, 4.69) is 20.2 Å². The molecule has 0 bridgehead atoms. The van der Waals surface area contributed by atoms with Crippen molar-refractivity contribution >= 4 is 17.5 Å². The van der Waals surface area contributed by atoms with Gasteiger partial charge in [0.2, 0.25) is 12.7 Å². The second-order valence-electron chi connectivity index (χ2n) is 6.19. The van der Waals surface area contributed by atoms with Crippen LogP contribution in [-0.2, 0) is 4.74 Å². The van der Waals surface area contributed by atoms with Crippen molar-refractivity contribution in [2.75, 3.05) is 43.3 Å². The molecule has 4 rings (SSSR count). The maximum absolute atomic E-state index is 12.6. The largest absolute Gasteiger partial charge is 0.454 e. The van der Waals surface area contributed by atoms with E-state index >= 15 is 0 Å². The van der Waals surface area contributed by atoms with E-state index < -0.39 is 0 Å². The molecule has 1 N–H and O–H groups in total. The van der Waals surface area contributed by atoms with E-state index in [1.165, 1.54) is 0 Å². The Morgan fingerprint density at radius 2 is 1.77 bits per heavy atom. The second-order valence-corrected chi connectivity index (χ2v) is 6.19. The van der Waals surface area contributed by atoms with Gasteiger partial charge < -0.3 is 24.4 Å². The maximum atomic E-state index is 12.6. The van der Waals surface area contributed by atoms with Crippen LogP contribution in [-0.4, -0.2) is 49.0 Å². The van der Waals surface area contributed by atoms with Crippen LogP contribution in [0.15, 0.2) is 18.2 Å². The molecular weight excluding hydrogens is 336 g/mol. The number of hydrogen-bond donors (Lipinski definition) is 1. The van der Waals surface area contributed by atoms with Crippen molar-refractivity contribution in [3.8, 4) is 11.5 Å². The molecule has 0 saturated carbocycles. The van der Waals surface area contributed by atoms with Gasteiger partial charge in [-0.25, -0.2) is 9.97 Å². The maximum Gasteiger partial charge on any atom is 0.255 e. The Morgan fingerprint density at radius 1 is 1.08 bits per heavy atom. The summed E-state index contributed by atoms with van der Waals surface area (Å²) in [6.45, 7) is 6.79. The van der Waals surface area contributed by atoms with E-state index in [0.29, 0.717) is 41.9 Å². The smallest absolute Gasteiger partial charge is 0.255 e. The van der Waals surface area contributed by atoms with E-state index in [9.17, 15) is 4.79 Å². The van der Waals surface area contributed by atoms with Crippen molar-refractivity contribution in [3.63, 3.8) is 0 Å². The highest BCUT2D eigenvalue weighted by Gasteiger charge is 2.20. The molecule has 0 atom stereocenters. The number of nitrogens with zero attached hydrogens (tertiary/aromatic N) is 3. The Kier molecular flexibility index (Phi) is 4.34. The summed E-state index contributed by atoms with van der Waals surface area (Å²) < 4.78 is 16.0. The number of hydrogen-bond acceptors (Lipinski definition) is 7. The van der Waals surface area contributed by atoms with E-state index in [0.717, 1.165) is 24.5 Å². The summed E-state index contributed by atoms with van der Waals surface area (Å²) in [5, 5.41) is 2.91. The number of ether oxygens (including phenoxy) is 3. The normalized spacial score (nSPS) is 15.8. The summed E-state index contributed by atoms with van der Waals surface area (Å²) in [4.78, 5) is 23.8. The predicted octanol–water partition coefficient (Wildman–Crippen LogP) is 1.91. The Bertz CT molecular complexity index is 826. The molecule has 2 aromatic rings. The van der Waals surface area contributed by atoms with Crippen LogP contribution in [0.25, 0.3) is 0 Å². The van der Waals surface area contributed by atoms with Gasteiger partial charge in [-0.2, -0.15) is 0 Å². The summed E-state index contributed by atoms with van der Waals surface area (Å²) in [5.41, 5.74) is 2.58. The predicted molar refractivity (Wildman–Crippen MR) is 95.1 cm³/mol. The summed E-state index contributed by atoms with van der Waals surface area (Å²) in [5.74, 6) is 1.65. The Labute approximate surface area is 151 Å². The number of aryl methyl sites for hydroxylation is 2. The Morgan fingerprint density at radius 3 is 2.50 bits per heavy atom. The molecule has 0 unspecified atom stereocenters. The number of nitrogens with one attached hydrogen (secondary N) is 1. The standard InChI is InChI=1S/C18H20N4O4/c1-11-16(12(2)20-18(19-11)22-5-7-24-8-6-22)21-17(23)13-3-4-14-15(9-13)26-10-25-14/h3-4,9H,5-8,10H2,1-2H3,(H,21,23). The lowest BCUT2D eigenvalue weighted by atomic mass is 10.1. The van der Waals surface area contributed by atoms with E-state index in [1.54, 1.807) is 18.2 Å². The van der Waals surface area contributed by atoms with Crippen LogP contribution < -0.4 is 19.7 Å². The fraction of sp³-hybridized carbons (Fsp3) is 0.389. The third-order valence-electron chi connectivity index (χ3n) is 4.43. The number of carbonyl (C=O) groups is 1. The van der Waals surface area contributed by atoms with Crippen LogP contribution in [0, 0.1) is 13.8 Å². The van der Waals surface area contributed by atoms with Crippen LogP contribution in [0.1, 0.15) is 21.7 Å². The minimum Gasteiger partial charge on any atom is -0.454 e. The van der Waals surface area contributed by atoms with Crippen LogP contribution in [0.3, 0.4) is 0 Å². The number of rotatable bonds is 3. The van der Waals surface area contributed by atoms with Gasteiger partial charge in [0, 0.05) is 18.7 Å². The van der Waals surface area contributed by atoms with Gasteiger partial charge in [0.25, 0.3) is 5.91 Å². The molecule has 0 aliphatic carbocycles. The number of amides is 1. The van der Waals surface area contributed by atoms with Crippen LogP contribution >= 0.6 is 0 Å². The molecule has 1 aromatic carbocycles. The van der Waals surface area contributed by atoms with Crippen molar-refractivity contribution in [2.45, 2.75) is 13.8 Å². The monoisotopic (exact) mass is 356 g/mol. The zero-order valence-electron chi connectivity index (χ0n) is 14.7. The lowest BCUT2D eigenvalue weighted by Crippen LogP contribution is -2.37. The molecule has 8 heteroatoms. The van der Waals surface area contributed by atoms with Gasteiger partial charge in [-0.05, 0) is 32.0 Å². The highest BCUT2D eigenvalue weighted by atomic mass is 16.7. The van der Waals surface area contributed by atoms with E-state index in [-0.39, 0.29) is 12.7 Å². The van der Waals surface area contributed by atoms with E-state index in [4.69, 9.17) is 14.2 Å². The van der Waals surface area contributed by atoms with Gasteiger partial charge in [-0.3, -0.25) is 4.79 Å². The van der Waals surface area contributed by atoms with Gasteiger partial charge in [-0.1, -0.05) is 0 Å². The fourth-order valence-corrected chi connectivity index (χ4v) is 3.01. The van der Waals surface area contributed by atoms with Crippen molar-refractivity contribution in [2.24, 2.45) is 0 Å². The molecule has 136 valence electrons. The van der Waals surface area contributed by atoms with E-state index in [1.807, 2.05) is 13.8 Å². The van der Waals surface area contributed by atoms with Crippen LogP contribution in [0.5, 0.6) is 11.5 Å².